The van der Waals surface area contributed by atoms with Gasteiger partial charge < -0.3 is 4.74 Å². The first kappa shape index (κ1) is 18.6. The van der Waals surface area contributed by atoms with E-state index >= 15 is 0 Å². The van der Waals surface area contributed by atoms with Gasteiger partial charge in [0.2, 0.25) is 0 Å². The number of benzene rings is 1. The zero-order valence-electron chi connectivity index (χ0n) is 16.5. The summed E-state index contributed by atoms with van der Waals surface area (Å²) >= 11 is 6.71. The minimum absolute atomic E-state index is 0.345. The number of aryl methyl sites for hydroxylation is 1. The number of likely N-dealkylation sites (tertiary alicyclic amines) is 1. The van der Waals surface area contributed by atoms with Gasteiger partial charge >= 0.3 is 0 Å². The number of halogens is 1. The quantitative estimate of drug-likeness (QED) is 0.663. The molecule has 5 rings (SSSR count). The van der Waals surface area contributed by atoms with Crippen molar-refractivity contribution in [1.82, 2.24) is 24.5 Å². The highest BCUT2D eigenvalue weighted by molar-refractivity contribution is 6.32. The van der Waals surface area contributed by atoms with Crippen LogP contribution in [0.15, 0.2) is 30.7 Å². The summed E-state index contributed by atoms with van der Waals surface area (Å²) in [5, 5.41) is 20.2. The molecule has 2 aliphatic rings. The zero-order valence-corrected chi connectivity index (χ0v) is 17.3. The van der Waals surface area contributed by atoms with Gasteiger partial charge in [0.15, 0.2) is 5.54 Å². The molecule has 4 heterocycles. The highest BCUT2D eigenvalue weighted by atomic mass is 35.5. The summed E-state index contributed by atoms with van der Waals surface area (Å²) in [7, 11) is 1.90. The fourth-order valence-electron chi connectivity index (χ4n) is 4.68. The number of ether oxygens (including phenoxy) is 1. The third-order valence-corrected chi connectivity index (χ3v) is 6.75. The van der Waals surface area contributed by atoms with Crippen LogP contribution in [0.2, 0.25) is 5.02 Å². The van der Waals surface area contributed by atoms with Gasteiger partial charge in [-0.1, -0.05) is 18.5 Å². The van der Waals surface area contributed by atoms with Crippen molar-refractivity contribution in [3.05, 3.63) is 41.3 Å². The Bertz CT molecular complexity index is 1110. The molecule has 0 N–H and O–H groups in total. The van der Waals surface area contributed by atoms with Crippen LogP contribution >= 0.6 is 11.6 Å². The van der Waals surface area contributed by atoms with Crippen LogP contribution in [0.25, 0.3) is 16.6 Å². The standard InChI is InChI=1S/C21H23ClN6O/c1-14-9-27(21(11-23)12-29-13-21)4-3-17(14)18-6-20-15(5-19(18)22)7-25-28(20)16-8-24-26(2)10-16/h5-8,10,14,17H,3-4,9,12-13H2,1-2H3. The fourth-order valence-corrected chi connectivity index (χ4v) is 4.99. The molecule has 2 saturated heterocycles. The molecule has 7 nitrogen and oxygen atoms in total. The topological polar surface area (TPSA) is 71.9 Å². The minimum Gasteiger partial charge on any atom is -0.375 e. The summed E-state index contributed by atoms with van der Waals surface area (Å²) in [6, 6.07) is 6.67. The van der Waals surface area contributed by atoms with Gasteiger partial charge in [0.25, 0.3) is 0 Å². The largest absolute Gasteiger partial charge is 0.375 e. The number of piperidine rings is 1. The summed E-state index contributed by atoms with van der Waals surface area (Å²) in [6.45, 7) is 5.02. The molecule has 0 radical (unpaired) electrons. The lowest BCUT2D eigenvalue weighted by atomic mass is 9.79. The van der Waals surface area contributed by atoms with E-state index in [1.54, 1.807) is 4.68 Å². The molecule has 150 valence electrons. The van der Waals surface area contributed by atoms with Gasteiger partial charge in [-0.2, -0.15) is 15.5 Å². The molecule has 2 atom stereocenters. The van der Waals surface area contributed by atoms with Crippen LogP contribution in [-0.2, 0) is 11.8 Å². The Morgan fingerprint density at radius 2 is 2.10 bits per heavy atom. The summed E-state index contributed by atoms with van der Waals surface area (Å²) in [5.74, 6) is 0.733. The first-order valence-corrected chi connectivity index (χ1v) is 10.3. The van der Waals surface area contributed by atoms with E-state index in [-0.39, 0.29) is 0 Å². The van der Waals surface area contributed by atoms with Crippen molar-refractivity contribution in [2.75, 3.05) is 26.3 Å². The maximum Gasteiger partial charge on any atom is 0.156 e. The predicted octanol–water partition coefficient (Wildman–Crippen LogP) is 3.13. The van der Waals surface area contributed by atoms with E-state index in [0.717, 1.165) is 46.7 Å². The molecule has 0 amide bonds. The molecule has 0 aliphatic carbocycles. The lowest BCUT2D eigenvalue weighted by Gasteiger charge is -2.49. The van der Waals surface area contributed by atoms with Crippen LogP contribution in [0.3, 0.4) is 0 Å². The van der Waals surface area contributed by atoms with E-state index in [1.165, 1.54) is 0 Å². The lowest BCUT2D eigenvalue weighted by molar-refractivity contribution is -0.119. The van der Waals surface area contributed by atoms with E-state index in [0.29, 0.717) is 25.0 Å². The third-order valence-electron chi connectivity index (χ3n) is 6.42. The Labute approximate surface area is 174 Å². The molecule has 0 bridgehead atoms. The second kappa shape index (κ2) is 6.84. The van der Waals surface area contributed by atoms with Gasteiger partial charge in [0.05, 0.1) is 43.4 Å². The molecule has 8 heteroatoms. The average Bonchev–Trinajstić information content (AvgIpc) is 3.26. The highest BCUT2D eigenvalue weighted by Crippen LogP contribution is 2.41. The molecule has 2 aromatic heterocycles. The van der Waals surface area contributed by atoms with Crippen molar-refractivity contribution in [1.29, 1.82) is 5.26 Å². The van der Waals surface area contributed by atoms with Gasteiger partial charge in [-0.3, -0.25) is 9.58 Å². The smallest absolute Gasteiger partial charge is 0.156 e. The first-order chi connectivity index (χ1) is 14.0. The monoisotopic (exact) mass is 410 g/mol. The Kier molecular flexibility index (Phi) is 4.39. The Hall–Kier alpha value is -2.40. The van der Waals surface area contributed by atoms with Gasteiger partial charge in [-0.05, 0) is 36.0 Å². The lowest BCUT2D eigenvalue weighted by Crippen LogP contribution is -2.63. The molecule has 2 aliphatic heterocycles. The van der Waals surface area contributed by atoms with E-state index in [4.69, 9.17) is 16.3 Å². The molecular formula is C21H23ClN6O. The van der Waals surface area contributed by atoms with Crippen LogP contribution in [0.4, 0.5) is 0 Å². The molecular weight excluding hydrogens is 388 g/mol. The van der Waals surface area contributed by atoms with E-state index in [9.17, 15) is 5.26 Å². The Morgan fingerprint density at radius 1 is 1.28 bits per heavy atom. The first-order valence-electron chi connectivity index (χ1n) is 9.91. The Morgan fingerprint density at radius 3 is 2.72 bits per heavy atom. The maximum absolute atomic E-state index is 9.63. The van der Waals surface area contributed by atoms with Gasteiger partial charge in [0.1, 0.15) is 5.69 Å². The average molecular weight is 411 g/mol. The van der Waals surface area contributed by atoms with Gasteiger partial charge in [-0.15, -0.1) is 0 Å². The molecule has 0 saturated carbocycles. The molecule has 0 spiro atoms. The van der Waals surface area contributed by atoms with Crippen LogP contribution in [0, 0.1) is 17.2 Å². The summed E-state index contributed by atoms with van der Waals surface area (Å²) in [4.78, 5) is 2.30. The van der Waals surface area contributed by atoms with E-state index in [1.807, 2.05) is 36.4 Å². The summed E-state index contributed by atoms with van der Waals surface area (Å²) < 4.78 is 9.03. The summed E-state index contributed by atoms with van der Waals surface area (Å²) in [6.07, 6.45) is 6.57. The van der Waals surface area contributed by atoms with Crippen molar-refractivity contribution in [2.24, 2.45) is 13.0 Å². The number of rotatable bonds is 3. The molecule has 2 unspecified atom stereocenters. The molecule has 1 aromatic carbocycles. The number of aromatic nitrogens is 4. The van der Waals surface area contributed by atoms with Gasteiger partial charge in [-0.25, -0.2) is 4.68 Å². The van der Waals surface area contributed by atoms with Crippen molar-refractivity contribution >= 4 is 22.5 Å². The predicted molar refractivity (Wildman–Crippen MR) is 110 cm³/mol. The van der Waals surface area contributed by atoms with Crippen molar-refractivity contribution in [2.45, 2.75) is 24.8 Å². The highest BCUT2D eigenvalue weighted by Gasteiger charge is 2.47. The fraction of sp³-hybridized carbons (Fsp3) is 0.476. The van der Waals surface area contributed by atoms with Crippen LogP contribution in [-0.4, -0.2) is 56.3 Å². The van der Waals surface area contributed by atoms with Crippen molar-refractivity contribution in [3.8, 4) is 11.8 Å². The normalized spacial score (nSPS) is 24.3. The number of nitriles is 1. The number of hydrogen-bond acceptors (Lipinski definition) is 5. The summed E-state index contributed by atoms with van der Waals surface area (Å²) in [5.41, 5.74) is 2.69. The maximum atomic E-state index is 9.63. The Balaban J connectivity index is 1.47. The van der Waals surface area contributed by atoms with Crippen molar-refractivity contribution in [3.63, 3.8) is 0 Å². The van der Waals surface area contributed by atoms with Crippen LogP contribution in [0.1, 0.15) is 24.8 Å². The van der Waals surface area contributed by atoms with Crippen LogP contribution < -0.4 is 0 Å². The molecule has 2 fully saturated rings. The molecule has 3 aromatic rings. The SMILES string of the molecule is CC1CN(C2(C#N)COC2)CCC1c1cc2c(cnn2-c2cnn(C)c2)cc1Cl. The number of nitrogens with zero attached hydrogens (tertiary/aromatic N) is 6. The minimum atomic E-state index is -0.439. The number of fused-ring (bicyclic) bond motifs is 1. The van der Waals surface area contributed by atoms with Crippen molar-refractivity contribution < 1.29 is 4.74 Å². The van der Waals surface area contributed by atoms with E-state index < -0.39 is 5.54 Å². The van der Waals surface area contributed by atoms with Gasteiger partial charge in [0, 0.05) is 30.5 Å². The second-order valence-electron chi connectivity index (χ2n) is 8.32. The van der Waals surface area contributed by atoms with E-state index in [2.05, 4.69) is 34.2 Å². The van der Waals surface area contributed by atoms with Crippen LogP contribution in [0.5, 0.6) is 0 Å². The number of hydrogen-bond donors (Lipinski definition) is 0. The molecule has 29 heavy (non-hydrogen) atoms. The second-order valence-corrected chi connectivity index (χ2v) is 8.72. The zero-order chi connectivity index (χ0) is 20.2. The third kappa shape index (κ3) is 2.94.